The van der Waals surface area contributed by atoms with Gasteiger partial charge in [0, 0.05) is 0 Å². The van der Waals surface area contributed by atoms with Gasteiger partial charge in [0.15, 0.2) is 0 Å². The van der Waals surface area contributed by atoms with Crippen molar-refractivity contribution in [2.45, 2.75) is 32.4 Å². The molecule has 1 rings (SSSR count). The monoisotopic (exact) mass is 300 g/mol. The zero-order valence-electron chi connectivity index (χ0n) is 10.6. The first-order valence-electron chi connectivity index (χ1n) is 5.88. The molecule has 0 unspecified atom stereocenters. The van der Waals surface area contributed by atoms with Gasteiger partial charge in [-0.15, -0.1) is 11.8 Å². The fourth-order valence-electron chi connectivity index (χ4n) is 1.15. The van der Waals surface area contributed by atoms with Crippen molar-refractivity contribution < 1.29 is 22.0 Å². The van der Waals surface area contributed by atoms with Crippen LogP contribution in [-0.2, 0) is 6.18 Å². The molecule has 0 fully saturated rings. The second-order valence-corrected chi connectivity index (χ2v) is 4.76. The van der Waals surface area contributed by atoms with Crippen LogP contribution >= 0.6 is 11.8 Å². The summed E-state index contributed by atoms with van der Waals surface area (Å²) in [6, 6.07) is 2.75. The van der Waals surface area contributed by atoms with Crippen molar-refractivity contribution in [1.82, 2.24) is 0 Å². The maximum atomic E-state index is 12.1. The molecular formula is C13H17F5S. The van der Waals surface area contributed by atoms with Gasteiger partial charge in [0.2, 0.25) is 0 Å². The molecule has 0 aromatic heterocycles. The molecule has 1 aromatic carbocycles. The van der Waals surface area contributed by atoms with Gasteiger partial charge in [-0.05, 0) is 36.4 Å². The molecule has 0 spiro atoms. The average molecular weight is 300 g/mol. The van der Waals surface area contributed by atoms with Gasteiger partial charge in [-0.1, -0.05) is 19.8 Å². The number of benzene rings is 1. The molecule has 0 aliphatic heterocycles. The standard InChI is InChI=1S/C7H4F4.C6H13FS/c8-6-3-1-5(2-4-6)7(9,10)11;1-2-3-4-5-8-6-7/h1-4H;2-6H2,1H3. The normalized spacial score (nSPS) is 10.8. The van der Waals surface area contributed by atoms with Gasteiger partial charge in [0.1, 0.15) is 11.8 Å². The van der Waals surface area contributed by atoms with E-state index in [0.29, 0.717) is 12.1 Å². The number of thioether (sulfide) groups is 1. The average Bonchev–Trinajstić information content (AvgIpc) is 2.35. The topological polar surface area (TPSA) is 0 Å². The molecule has 0 heterocycles. The Balaban J connectivity index is 0.000000362. The van der Waals surface area contributed by atoms with E-state index < -0.39 is 17.6 Å². The van der Waals surface area contributed by atoms with E-state index in [1.54, 1.807) is 0 Å². The van der Waals surface area contributed by atoms with Crippen LogP contribution < -0.4 is 0 Å². The van der Waals surface area contributed by atoms with Crippen LogP contribution in [0.15, 0.2) is 24.3 Å². The smallest absolute Gasteiger partial charge is 0.239 e. The van der Waals surface area contributed by atoms with Gasteiger partial charge in [-0.3, -0.25) is 0 Å². The van der Waals surface area contributed by atoms with Crippen LogP contribution in [-0.4, -0.2) is 11.8 Å². The summed E-state index contributed by atoms with van der Waals surface area (Å²) in [5, 5.41) is 0. The first kappa shape index (κ1) is 18.2. The van der Waals surface area contributed by atoms with Gasteiger partial charge in [-0.25, -0.2) is 8.78 Å². The molecule has 110 valence electrons. The van der Waals surface area contributed by atoms with Gasteiger partial charge < -0.3 is 0 Å². The molecule has 0 radical (unpaired) electrons. The van der Waals surface area contributed by atoms with Crippen molar-refractivity contribution in [3.05, 3.63) is 35.6 Å². The Labute approximate surface area is 114 Å². The Bertz CT molecular complexity index is 315. The van der Waals surface area contributed by atoms with Crippen LogP contribution in [0.5, 0.6) is 0 Å². The number of alkyl halides is 4. The Morgan fingerprint density at radius 1 is 1.05 bits per heavy atom. The highest BCUT2D eigenvalue weighted by atomic mass is 32.2. The fourth-order valence-corrected chi connectivity index (χ4v) is 1.66. The Morgan fingerprint density at radius 3 is 2.05 bits per heavy atom. The summed E-state index contributed by atoms with van der Waals surface area (Å²) in [4.78, 5) is 0. The molecule has 1 aromatic rings. The number of hydrogen-bond donors (Lipinski definition) is 0. The molecule has 6 heteroatoms. The van der Waals surface area contributed by atoms with Gasteiger partial charge >= 0.3 is 6.18 Å². The van der Waals surface area contributed by atoms with Crippen LogP contribution in [0.25, 0.3) is 0 Å². The quantitative estimate of drug-likeness (QED) is 0.498. The largest absolute Gasteiger partial charge is 0.416 e. The lowest BCUT2D eigenvalue weighted by atomic mass is 10.2. The van der Waals surface area contributed by atoms with Crippen molar-refractivity contribution >= 4 is 11.8 Å². The van der Waals surface area contributed by atoms with E-state index in [4.69, 9.17) is 0 Å². The molecule has 0 aliphatic rings. The lowest BCUT2D eigenvalue weighted by molar-refractivity contribution is -0.137. The van der Waals surface area contributed by atoms with Crippen LogP contribution in [0.4, 0.5) is 22.0 Å². The van der Waals surface area contributed by atoms with E-state index in [1.165, 1.54) is 31.0 Å². The van der Waals surface area contributed by atoms with Gasteiger partial charge in [-0.2, -0.15) is 13.2 Å². The Kier molecular flexibility index (Phi) is 9.65. The summed E-state index contributed by atoms with van der Waals surface area (Å²) >= 11 is 1.38. The maximum Gasteiger partial charge on any atom is 0.416 e. The molecule has 0 bridgehead atoms. The van der Waals surface area contributed by atoms with Crippen LogP contribution in [0.3, 0.4) is 0 Å². The summed E-state index contributed by atoms with van der Waals surface area (Å²) < 4.78 is 58.9. The highest BCUT2D eigenvalue weighted by Crippen LogP contribution is 2.28. The van der Waals surface area contributed by atoms with Crippen LogP contribution in [0.1, 0.15) is 31.7 Å². The fraction of sp³-hybridized carbons (Fsp3) is 0.538. The lowest BCUT2D eigenvalue weighted by Gasteiger charge is -2.04. The second kappa shape index (κ2) is 10.1. The lowest BCUT2D eigenvalue weighted by Crippen LogP contribution is -2.03. The van der Waals surface area contributed by atoms with Crippen molar-refractivity contribution in [1.29, 1.82) is 0 Å². The van der Waals surface area contributed by atoms with E-state index in [0.717, 1.165) is 17.9 Å². The Hall–Kier alpha value is -0.780. The highest BCUT2D eigenvalue weighted by molar-refractivity contribution is 7.99. The zero-order chi connectivity index (χ0) is 14.7. The molecule has 0 saturated heterocycles. The van der Waals surface area contributed by atoms with E-state index in [1.807, 2.05) is 0 Å². The minimum Gasteiger partial charge on any atom is -0.239 e. The summed E-state index contributed by atoms with van der Waals surface area (Å²) in [6.45, 7) is 2.15. The van der Waals surface area contributed by atoms with E-state index >= 15 is 0 Å². The van der Waals surface area contributed by atoms with Crippen molar-refractivity contribution in [2.24, 2.45) is 0 Å². The Morgan fingerprint density at radius 2 is 1.63 bits per heavy atom. The number of rotatable bonds is 5. The minimum absolute atomic E-state index is 0.219. The number of halogens is 5. The molecule has 0 saturated carbocycles. The third-order valence-corrected chi connectivity index (χ3v) is 2.87. The van der Waals surface area contributed by atoms with Crippen molar-refractivity contribution in [3.63, 3.8) is 0 Å². The van der Waals surface area contributed by atoms with Gasteiger partial charge in [0.05, 0.1) is 5.56 Å². The number of unbranched alkanes of at least 4 members (excludes halogenated alkanes) is 2. The highest BCUT2D eigenvalue weighted by Gasteiger charge is 2.29. The molecule has 0 amide bonds. The van der Waals surface area contributed by atoms with Crippen LogP contribution in [0.2, 0.25) is 0 Å². The third kappa shape index (κ3) is 9.76. The summed E-state index contributed by atoms with van der Waals surface area (Å²) in [6.07, 6.45) is -0.737. The molecule has 0 N–H and O–H groups in total. The SMILES string of the molecule is CCCCCSCF.Fc1ccc(C(F)(F)F)cc1. The number of hydrogen-bond acceptors (Lipinski definition) is 1. The predicted octanol–water partition coefficient (Wildman–Crippen LogP) is 5.68. The van der Waals surface area contributed by atoms with Gasteiger partial charge in [0.25, 0.3) is 0 Å². The van der Waals surface area contributed by atoms with E-state index in [2.05, 4.69) is 6.92 Å². The molecular weight excluding hydrogens is 283 g/mol. The molecule has 0 nitrogen and oxygen atoms in total. The molecule has 19 heavy (non-hydrogen) atoms. The minimum atomic E-state index is -4.38. The second-order valence-electron chi connectivity index (χ2n) is 3.73. The van der Waals surface area contributed by atoms with Crippen molar-refractivity contribution in [2.75, 3.05) is 11.8 Å². The molecule has 0 atom stereocenters. The first-order chi connectivity index (χ1) is 8.91. The molecule has 0 aliphatic carbocycles. The first-order valence-corrected chi connectivity index (χ1v) is 7.03. The van der Waals surface area contributed by atoms with Crippen LogP contribution in [0, 0.1) is 5.82 Å². The third-order valence-electron chi connectivity index (χ3n) is 2.14. The summed E-state index contributed by atoms with van der Waals surface area (Å²) in [7, 11) is 0. The summed E-state index contributed by atoms with van der Waals surface area (Å²) in [5.41, 5.74) is -0.834. The van der Waals surface area contributed by atoms with E-state index in [-0.39, 0.29) is 6.01 Å². The maximum absolute atomic E-state index is 12.1. The predicted molar refractivity (Wildman–Crippen MR) is 69.4 cm³/mol. The van der Waals surface area contributed by atoms with Crippen molar-refractivity contribution in [3.8, 4) is 0 Å². The van der Waals surface area contributed by atoms with E-state index in [9.17, 15) is 22.0 Å². The zero-order valence-corrected chi connectivity index (χ0v) is 11.5. The summed E-state index contributed by atoms with van der Waals surface area (Å²) in [5.74, 6) is 0.322.